The number of hydrogen-bond donors (Lipinski definition) is 0. The Labute approximate surface area is 236 Å². The molecule has 2 aromatic rings. The maximum atomic E-state index is 13.9. The summed E-state index contributed by atoms with van der Waals surface area (Å²) in [6.45, 7) is 2.51. The zero-order valence-electron chi connectivity index (χ0n) is 22.4. The number of likely N-dealkylation sites (tertiary alicyclic amines) is 2. The Morgan fingerprint density at radius 3 is 1.10 bits per heavy atom. The zero-order chi connectivity index (χ0) is 31.1. The van der Waals surface area contributed by atoms with Crippen molar-refractivity contribution in [3.63, 3.8) is 0 Å². The number of non-ortho nitro benzene ring substituents is 4. The number of ketones is 1. The first kappa shape index (κ1) is 29.6. The second-order valence-electron chi connectivity index (χ2n) is 10.4. The molecular weight excluding hydrogens is 560 g/mol. The number of amides is 2. The van der Waals surface area contributed by atoms with E-state index in [-0.39, 0.29) is 55.9 Å². The number of carbonyl (C=O) groups excluding carboxylic acids is 3. The van der Waals surface area contributed by atoms with E-state index in [1.807, 2.05) is 0 Å². The SMILES string of the molecule is CCC12CN(C(=O)c3cc([N+](=O)[O-])cc([N+](=O)[O-])c3)CC(CC)(CN(C(=O)c3cc([N+](=O)[O-])cc([N+](=O)[O-])c3)C1)C2=O. The summed E-state index contributed by atoms with van der Waals surface area (Å²) in [6.07, 6.45) is 0.316. The van der Waals surface area contributed by atoms with Crippen LogP contribution in [-0.2, 0) is 4.79 Å². The molecule has 2 amide bonds. The second-order valence-corrected chi connectivity index (χ2v) is 10.4. The van der Waals surface area contributed by atoms with Crippen LogP contribution in [0, 0.1) is 51.3 Å². The van der Waals surface area contributed by atoms with Crippen LogP contribution < -0.4 is 0 Å². The molecule has 17 nitrogen and oxygen atoms in total. The molecule has 0 aliphatic carbocycles. The summed E-state index contributed by atoms with van der Waals surface area (Å²) in [6, 6.07) is 5.14. The van der Waals surface area contributed by atoms with E-state index < -0.39 is 65.1 Å². The molecule has 2 aliphatic rings. The number of nitro benzene ring substituents is 4. The third-order valence-electron chi connectivity index (χ3n) is 8.01. The molecule has 2 fully saturated rings. The Kier molecular flexibility index (Phi) is 7.45. The molecule has 0 atom stereocenters. The van der Waals surface area contributed by atoms with E-state index >= 15 is 0 Å². The highest BCUT2D eigenvalue weighted by Gasteiger charge is 2.60. The van der Waals surface area contributed by atoms with Gasteiger partial charge >= 0.3 is 0 Å². The Hall–Kier alpha value is -5.35. The topological polar surface area (TPSA) is 230 Å². The van der Waals surface area contributed by atoms with Crippen molar-refractivity contribution in [2.45, 2.75) is 26.7 Å². The minimum Gasteiger partial charge on any atom is -0.336 e. The highest BCUT2D eigenvalue weighted by atomic mass is 16.6. The van der Waals surface area contributed by atoms with Gasteiger partial charge in [0, 0.05) is 50.4 Å². The molecule has 0 radical (unpaired) electrons. The van der Waals surface area contributed by atoms with E-state index in [0.29, 0.717) is 0 Å². The number of nitrogens with zero attached hydrogens (tertiary/aromatic N) is 6. The summed E-state index contributed by atoms with van der Waals surface area (Å²) in [7, 11) is 0. The van der Waals surface area contributed by atoms with Crippen LogP contribution in [0.3, 0.4) is 0 Å². The molecule has 2 bridgehead atoms. The van der Waals surface area contributed by atoms with Gasteiger partial charge in [-0.2, -0.15) is 0 Å². The third-order valence-corrected chi connectivity index (χ3v) is 8.01. The number of rotatable bonds is 8. The average Bonchev–Trinajstić information content (AvgIpc) is 2.96. The maximum absolute atomic E-state index is 13.9. The van der Waals surface area contributed by atoms with Gasteiger partial charge in [-0.15, -0.1) is 0 Å². The van der Waals surface area contributed by atoms with Crippen molar-refractivity contribution < 1.29 is 34.1 Å². The lowest BCUT2D eigenvalue weighted by atomic mass is 9.60. The number of fused-ring (bicyclic) bond motifs is 2. The molecule has 0 N–H and O–H groups in total. The minimum atomic E-state index is -1.31. The van der Waals surface area contributed by atoms with Crippen LogP contribution in [0.5, 0.6) is 0 Å². The summed E-state index contributed by atoms with van der Waals surface area (Å²) < 4.78 is 0. The number of piperidine rings is 2. The third kappa shape index (κ3) is 4.99. The summed E-state index contributed by atoms with van der Waals surface area (Å²) in [5.74, 6) is -1.73. The maximum Gasteiger partial charge on any atom is 0.277 e. The van der Waals surface area contributed by atoms with Crippen molar-refractivity contribution in [3.8, 4) is 0 Å². The molecule has 4 rings (SSSR count). The van der Waals surface area contributed by atoms with Gasteiger partial charge in [-0.25, -0.2) is 0 Å². The number of hydrogen-bond acceptors (Lipinski definition) is 11. The molecule has 2 heterocycles. The molecule has 0 aromatic heterocycles. The van der Waals surface area contributed by atoms with Crippen LogP contribution in [0.15, 0.2) is 36.4 Å². The number of Topliss-reactive ketones (excluding diaryl/α,β-unsaturated/α-hetero) is 1. The van der Waals surface area contributed by atoms with Crippen molar-refractivity contribution in [2.24, 2.45) is 10.8 Å². The van der Waals surface area contributed by atoms with Crippen LogP contribution in [0.25, 0.3) is 0 Å². The van der Waals surface area contributed by atoms with Gasteiger partial charge < -0.3 is 9.80 Å². The Bertz CT molecular complexity index is 1380. The summed E-state index contributed by atoms with van der Waals surface area (Å²) >= 11 is 0. The van der Waals surface area contributed by atoms with Crippen LogP contribution >= 0.6 is 0 Å². The molecule has 0 spiro atoms. The van der Waals surface area contributed by atoms with E-state index in [4.69, 9.17) is 0 Å². The van der Waals surface area contributed by atoms with Gasteiger partial charge in [0.25, 0.3) is 34.6 Å². The van der Waals surface area contributed by atoms with Gasteiger partial charge in [0.05, 0.1) is 53.8 Å². The fraction of sp³-hybridized carbons (Fsp3) is 0.400. The molecule has 220 valence electrons. The molecule has 2 aromatic carbocycles. The van der Waals surface area contributed by atoms with E-state index in [1.165, 1.54) is 9.80 Å². The molecule has 42 heavy (non-hydrogen) atoms. The van der Waals surface area contributed by atoms with Crippen molar-refractivity contribution >= 4 is 40.3 Å². The first-order chi connectivity index (χ1) is 19.7. The molecule has 2 aliphatic heterocycles. The van der Waals surface area contributed by atoms with Crippen molar-refractivity contribution in [1.29, 1.82) is 0 Å². The lowest BCUT2D eigenvalue weighted by Crippen LogP contribution is -2.71. The van der Waals surface area contributed by atoms with E-state index in [9.17, 15) is 54.8 Å². The van der Waals surface area contributed by atoms with Crippen molar-refractivity contribution in [2.75, 3.05) is 26.2 Å². The van der Waals surface area contributed by atoms with Crippen LogP contribution in [-0.4, -0.2) is 73.3 Å². The highest BCUT2D eigenvalue weighted by molar-refractivity contribution is 6.02. The van der Waals surface area contributed by atoms with E-state index in [2.05, 4.69) is 0 Å². The Morgan fingerprint density at radius 1 is 0.619 bits per heavy atom. The van der Waals surface area contributed by atoms with Gasteiger partial charge in [0.1, 0.15) is 0 Å². The number of carbonyl (C=O) groups is 3. The van der Waals surface area contributed by atoms with Gasteiger partial charge in [-0.3, -0.25) is 54.8 Å². The molecule has 0 unspecified atom stereocenters. The Morgan fingerprint density at radius 2 is 0.881 bits per heavy atom. The van der Waals surface area contributed by atoms with Gasteiger partial charge in [-0.05, 0) is 12.8 Å². The fourth-order valence-electron chi connectivity index (χ4n) is 5.80. The first-order valence-electron chi connectivity index (χ1n) is 12.7. The molecule has 17 heteroatoms. The lowest BCUT2D eigenvalue weighted by Gasteiger charge is -2.57. The molecule has 0 saturated carbocycles. The predicted octanol–water partition coefficient (Wildman–Crippen LogP) is 3.29. The summed E-state index contributed by atoms with van der Waals surface area (Å²) in [5.41, 5.74) is -5.85. The molecule has 2 saturated heterocycles. The largest absolute Gasteiger partial charge is 0.336 e. The van der Waals surface area contributed by atoms with Gasteiger partial charge in [0.15, 0.2) is 5.78 Å². The van der Waals surface area contributed by atoms with Crippen molar-refractivity contribution in [1.82, 2.24) is 9.80 Å². The molecular formula is C25H24N6O11. The smallest absolute Gasteiger partial charge is 0.277 e. The second kappa shape index (κ2) is 10.6. The number of benzene rings is 2. The average molecular weight is 584 g/mol. The van der Waals surface area contributed by atoms with Crippen LogP contribution in [0.2, 0.25) is 0 Å². The summed E-state index contributed by atoms with van der Waals surface area (Å²) in [5, 5.41) is 45.4. The van der Waals surface area contributed by atoms with Gasteiger partial charge in [-0.1, -0.05) is 13.8 Å². The van der Waals surface area contributed by atoms with E-state index in [0.717, 1.165) is 36.4 Å². The minimum absolute atomic E-state index is 0.158. The first-order valence-corrected chi connectivity index (χ1v) is 12.7. The standard InChI is InChI=1S/C25H24N6O11/c1-3-24-11-26(21(32)15-5-17(28(35)36)9-18(6-15)29(37)38)13-25(4-2,23(24)34)14-27(12-24)22(33)16-7-19(30(39)40)10-20(8-16)31(41)42/h5-10H,3-4,11-14H2,1-2H3. The number of nitro groups is 4. The van der Waals surface area contributed by atoms with Crippen LogP contribution in [0.1, 0.15) is 47.4 Å². The highest BCUT2D eigenvalue weighted by Crippen LogP contribution is 2.47. The lowest BCUT2D eigenvalue weighted by molar-refractivity contribution is -0.394. The monoisotopic (exact) mass is 584 g/mol. The fourth-order valence-corrected chi connectivity index (χ4v) is 5.80. The van der Waals surface area contributed by atoms with Crippen LogP contribution in [0.4, 0.5) is 22.7 Å². The van der Waals surface area contributed by atoms with Gasteiger partial charge in [0.2, 0.25) is 0 Å². The Balaban J connectivity index is 1.73. The quantitative estimate of drug-likeness (QED) is 0.322. The normalized spacial score (nSPS) is 21.5. The van der Waals surface area contributed by atoms with Crippen molar-refractivity contribution in [3.05, 3.63) is 88.0 Å². The zero-order valence-corrected chi connectivity index (χ0v) is 22.4. The van der Waals surface area contributed by atoms with E-state index in [1.54, 1.807) is 13.8 Å². The summed E-state index contributed by atoms with van der Waals surface area (Å²) in [4.78, 5) is 85.7. The predicted molar refractivity (Wildman–Crippen MR) is 142 cm³/mol.